The summed E-state index contributed by atoms with van der Waals surface area (Å²) in [5, 5.41) is 18.9. The second kappa shape index (κ2) is 15.0. The van der Waals surface area contributed by atoms with Crippen LogP contribution in [0.15, 0.2) is 30.3 Å². The van der Waals surface area contributed by atoms with E-state index < -0.39 is 6.10 Å². The van der Waals surface area contributed by atoms with Gasteiger partial charge in [0.25, 0.3) is 0 Å². The normalized spacial score (nSPS) is 14.8. The van der Waals surface area contributed by atoms with Gasteiger partial charge in [0.15, 0.2) is 0 Å². The molecule has 0 amide bonds. The molecule has 150 valence electrons. The van der Waals surface area contributed by atoms with Gasteiger partial charge in [-0.05, 0) is 38.3 Å². The molecule has 1 rings (SSSR count). The molecule has 0 bridgehead atoms. The maximum atomic E-state index is 9.79. The van der Waals surface area contributed by atoms with Crippen molar-refractivity contribution in [1.82, 2.24) is 0 Å². The van der Waals surface area contributed by atoms with Gasteiger partial charge in [-0.2, -0.15) is 0 Å². The van der Waals surface area contributed by atoms with E-state index in [2.05, 4.69) is 6.92 Å². The van der Waals surface area contributed by atoms with Crippen molar-refractivity contribution in [3.8, 4) is 5.75 Å². The number of aliphatic hydroxyl groups is 2. The molecule has 0 saturated carbocycles. The van der Waals surface area contributed by atoms with E-state index in [1.165, 1.54) is 38.5 Å². The predicted molar refractivity (Wildman–Crippen MR) is 107 cm³/mol. The van der Waals surface area contributed by atoms with Crippen molar-refractivity contribution >= 4 is 0 Å². The van der Waals surface area contributed by atoms with Crippen molar-refractivity contribution in [3.05, 3.63) is 30.3 Å². The van der Waals surface area contributed by atoms with Crippen molar-refractivity contribution in [3.63, 3.8) is 0 Å². The fraction of sp³-hybridized carbons (Fsp3) is 0.727. The van der Waals surface area contributed by atoms with Crippen molar-refractivity contribution < 1.29 is 19.7 Å². The maximum absolute atomic E-state index is 9.79. The fourth-order valence-corrected chi connectivity index (χ4v) is 3.02. The van der Waals surface area contributed by atoms with Crippen LogP contribution in [-0.2, 0) is 4.74 Å². The van der Waals surface area contributed by atoms with Gasteiger partial charge in [-0.1, -0.05) is 63.6 Å². The first-order valence-corrected chi connectivity index (χ1v) is 10.3. The quantitative estimate of drug-likeness (QED) is 0.416. The van der Waals surface area contributed by atoms with Crippen LogP contribution in [0, 0.1) is 0 Å². The van der Waals surface area contributed by atoms with Crippen molar-refractivity contribution in [2.24, 2.45) is 0 Å². The average molecular weight is 367 g/mol. The first kappa shape index (κ1) is 22.9. The molecule has 0 aliphatic carbocycles. The van der Waals surface area contributed by atoms with Crippen LogP contribution >= 0.6 is 0 Å². The van der Waals surface area contributed by atoms with Crippen molar-refractivity contribution in [1.29, 1.82) is 0 Å². The van der Waals surface area contributed by atoms with Gasteiger partial charge in [-0.3, -0.25) is 0 Å². The molecule has 4 heteroatoms. The molecule has 0 aromatic heterocycles. The highest BCUT2D eigenvalue weighted by molar-refractivity contribution is 5.21. The number of rotatable bonds is 16. The first-order chi connectivity index (χ1) is 12.7. The van der Waals surface area contributed by atoms with Crippen LogP contribution in [0.25, 0.3) is 0 Å². The molecule has 0 aliphatic rings. The molecule has 26 heavy (non-hydrogen) atoms. The number of hydrogen-bond donors (Lipinski definition) is 2. The molecule has 0 spiro atoms. The zero-order valence-electron chi connectivity index (χ0n) is 16.6. The Morgan fingerprint density at radius 1 is 0.923 bits per heavy atom. The van der Waals surface area contributed by atoms with Gasteiger partial charge in [-0.15, -0.1) is 0 Å². The summed E-state index contributed by atoms with van der Waals surface area (Å²) in [6.07, 6.45) is 9.27. The maximum Gasteiger partial charge on any atom is 0.122 e. The molecular formula is C22H38O4. The van der Waals surface area contributed by atoms with Crippen LogP contribution < -0.4 is 4.74 Å². The minimum Gasteiger partial charge on any atom is -0.488 e. The first-order valence-electron chi connectivity index (χ1n) is 10.3. The molecule has 3 unspecified atom stereocenters. The fourth-order valence-electron chi connectivity index (χ4n) is 3.02. The van der Waals surface area contributed by atoms with E-state index in [1.807, 2.05) is 30.3 Å². The van der Waals surface area contributed by atoms with Gasteiger partial charge in [0, 0.05) is 6.61 Å². The third-order valence-electron chi connectivity index (χ3n) is 4.62. The molecule has 0 radical (unpaired) electrons. The molecular weight excluding hydrogens is 328 g/mol. The van der Waals surface area contributed by atoms with E-state index in [9.17, 15) is 5.11 Å². The average Bonchev–Trinajstić information content (AvgIpc) is 2.64. The lowest BCUT2D eigenvalue weighted by Crippen LogP contribution is -2.33. The van der Waals surface area contributed by atoms with Gasteiger partial charge in [0.2, 0.25) is 0 Å². The second-order valence-electron chi connectivity index (χ2n) is 7.09. The summed E-state index contributed by atoms with van der Waals surface area (Å²) in [4.78, 5) is 0. The van der Waals surface area contributed by atoms with Crippen molar-refractivity contribution in [2.45, 2.75) is 89.9 Å². The summed E-state index contributed by atoms with van der Waals surface area (Å²) in [7, 11) is 0. The smallest absolute Gasteiger partial charge is 0.122 e. The van der Waals surface area contributed by atoms with Crippen LogP contribution in [0.3, 0.4) is 0 Å². The predicted octanol–water partition coefficient (Wildman–Crippen LogP) is 4.72. The minimum absolute atomic E-state index is 0.0114. The highest BCUT2D eigenvalue weighted by Crippen LogP contribution is 2.17. The lowest BCUT2D eigenvalue weighted by atomic mass is 10.1. The lowest BCUT2D eigenvalue weighted by molar-refractivity contribution is -0.0654. The topological polar surface area (TPSA) is 58.9 Å². The zero-order valence-corrected chi connectivity index (χ0v) is 16.6. The summed E-state index contributed by atoms with van der Waals surface area (Å²) in [5.41, 5.74) is 0. The van der Waals surface area contributed by atoms with E-state index in [-0.39, 0.29) is 18.8 Å². The van der Waals surface area contributed by atoms with Gasteiger partial charge < -0.3 is 19.7 Å². The van der Waals surface area contributed by atoms with Gasteiger partial charge in [-0.25, -0.2) is 0 Å². The summed E-state index contributed by atoms with van der Waals surface area (Å²) in [6, 6.07) is 9.81. The highest BCUT2D eigenvalue weighted by Gasteiger charge is 2.19. The largest absolute Gasteiger partial charge is 0.488 e. The van der Waals surface area contributed by atoms with Gasteiger partial charge in [0.05, 0.1) is 18.8 Å². The Morgan fingerprint density at radius 2 is 1.58 bits per heavy atom. The summed E-state index contributed by atoms with van der Waals surface area (Å²) >= 11 is 0. The molecule has 3 atom stereocenters. The molecule has 2 N–H and O–H groups in total. The molecule has 0 aliphatic heterocycles. The Balaban J connectivity index is 2.42. The van der Waals surface area contributed by atoms with Crippen LogP contribution in [0.1, 0.15) is 71.6 Å². The zero-order chi connectivity index (χ0) is 19.0. The SMILES string of the molecule is CCCCCCCCCC(COC(CCO)C(C)O)Oc1ccccc1. The van der Waals surface area contributed by atoms with Crippen LogP contribution in [-0.4, -0.2) is 41.7 Å². The monoisotopic (exact) mass is 366 g/mol. The number of ether oxygens (including phenoxy) is 2. The number of para-hydroxylation sites is 1. The lowest BCUT2D eigenvalue weighted by Gasteiger charge is -2.24. The van der Waals surface area contributed by atoms with E-state index in [0.717, 1.165) is 18.6 Å². The van der Waals surface area contributed by atoms with E-state index in [1.54, 1.807) is 6.92 Å². The Morgan fingerprint density at radius 3 is 2.19 bits per heavy atom. The minimum atomic E-state index is -0.599. The molecule has 1 aromatic rings. The summed E-state index contributed by atoms with van der Waals surface area (Å²) in [6.45, 7) is 4.38. The molecule has 0 heterocycles. The van der Waals surface area contributed by atoms with Gasteiger partial charge in [0.1, 0.15) is 11.9 Å². The van der Waals surface area contributed by atoms with Crippen molar-refractivity contribution in [2.75, 3.05) is 13.2 Å². The molecule has 4 nitrogen and oxygen atoms in total. The number of hydrogen-bond acceptors (Lipinski definition) is 4. The van der Waals surface area contributed by atoms with Crippen LogP contribution in [0.2, 0.25) is 0 Å². The van der Waals surface area contributed by atoms with E-state index in [4.69, 9.17) is 14.6 Å². The van der Waals surface area contributed by atoms with E-state index in [0.29, 0.717) is 13.0 Å². The standard InChI is InChI=1S/C22H38O4/c1-3-4-5-6-7-8-10-15-21(26-20-13-11-9-12-14-20)18-25-22(16-17-23)19(2)24/h9,11-14,19,21-24H,3-8,10,15-18H2,1-2H3. The number of unbranched alkanes of at least 4 members (excludes halogenated alkanes) is 6. The molecule has 0 fully saturated rings. The number of aliphatic hydroxyl groups excluding tert-OH is 2. The Bertz CT molecular complexity index is 421. The molecule has 0 saturated heterocycles. The van der Waals surface area contributed by atoms with Gasteiger partial charge >= 0.3 is 0 Å². The third-order valence-corrected chi connectivity index (χ3v) is 4.62. The summed E-state index contributed by atoms with van der Waals surface area (Å²) < 4.78 is 12.0. The summed E-state index contributed by atoms with van der Waals surface area (Å²) in [5.74, 6) is 0.847. The second-order valence-corrected chi connectivity index (χ2v) is 7.09. The van der Waals surface area contributed by atoms with E-state index >= 15 is 0 Å². The highest BCUT2D eigenvalue weighted by atomic mass is 16.5. The van der Waals surface area contributed by atoms with Crippen LogP contribution in [0.5, 0.6) is 5.75 Å². The number of benzene rings is 1. The Labute approximate surface area is 159 Å². The van der Waals surface area contributed by atoms with Crippen LogP contribution in [0.4, 0.5) is 0 Å². The third kappa shape index (κ3) is 10.8. The molecule has 1 aromatic carbocycles. The Kier molecular flexibility index (Phi) is 13.2. The Hall–Kier alpha value is -1.10.